The van der Waals surface area contributed by atoms with Crippen LogP contribution >= 0.6 is 0 Å². The first-order chi connectivity index (χ1) is 9.45. The summed E-state index contributed by atoms with van der Waals surface area (Å²) in [6.45, 7) is 3.53. The van der Waals surface area contributed by atoms with Gasteiger partial charge in [-0.2, -0.15) is 0 Å². The van der Waals surface area contributed by atoms with Gasteiger partial charge in [0.2, 0.25) is 0 Å². The molecule has 110 valence electrons. The van der Waals surface area contributed by atoms with Crippen molar-refractivity contribution in [2.45, 2.75) is 13.0 Å². The van der Waals surface area contributed by atoms with Gasteiger partial charge in [0.15, 0.2) is 11.5 Å². The fourth-order valence-electron chi connectivity index (χ4n) is 2.82. The van der Waals surface area contributed by atoms with E-state index in [0.717, 1.165) is 0 Å². The summed E-state index contributed by atoms with van der Waals surface area (Å²) in [6, 6.07) is 5.34. The number of phenols is 1. The van der Waals surface area contributed by atoms with Gasteiger partial charge in [0.05, 0.1) is 12.7 Å². The number of phenolic OH excluding ortho intramolecular Hbond substituents is 1. The number of hydrogen-bond acceptors (Lipinski definition) is 4. The molecule has 5 nitrogen and oxygen atoms in total. The molecule has 2 atom stereocenters. The maximum atomic E-state index is 12.5. The second-order valence-electron chi connectivity index (χ2n) is 5.57. The standard InChI is InChI=1S/C15H22N2O3/c1-10-8-17(9-12(10)16(2)3)15(19)11-6-5-7-13(20-4)14(11)18/h5-7,10,12,18H,8-9H2,1-4H3. The van der Waals surface area contributed by atoms with Crippen molar-refractivity contribution in [3.8, 4) is 11.5 Å². The summed E-state index contributed by atoms with van der Waals surface area (Å²) < 4.78 is 5.05. The maximum absolute atomic E-state index is 12.5. The summed E-state index contributed by atoms with van der Waals surface area (Å²) in [5.74, 6) is 0.521. The van der Waals surface area contributed by atoms with Gasteiger partial charge in [0.1, 0.15) is 0 Å². The van der Waals surface area contributed by atoms with Crippen LogP contribution in [0.5, 0.6) is 11.5 Å². The fourth-order valence-corrected chi connectivity index (χ4v) is 2.82. The van der Waals surface area contributed by atoms with Gasteiger partial charge in [-0.15, -0.1) is 0 Å². The number of amides is 1. The number of benzene rings is 1. The third-order valence-corrected chi connectivity index (χ3v) is 3.97. The van der Waals surface area contributed by atoms with Gasteiger partial charge in [-0.05, 0) is 32.1 Å². The van der Waals surface area contributed by atoms with E-state index >= 15 is 0 Å². The Bertz CT molecular complexity index is 502. The highest BCUT2D eigenvalue weighted by atomic mass is 16.5. The van der Waals surface area contributed by atoms with Crippen molar-refractivity contribution in [2.75, 3.05) is 34.3 Å². The SMILES string of the molecule is COc1cccc(C(=O)N2CC(C)C(N(C)C)C2)c1O. The van der Waals surface area contributed by atoms with Crippen LogP contribution in [-0.2, 0) is 0 Å². The van der Waals surface area contributed by atoms with E-state index in [4.69, 9.17) is 4.74 Å². The molecule has 2 rings (SSSR count). The van der Waals surface area contributed by atoms with Gasteiger partial charge >= 0.3 is 0 Å². The molecule has 1 fully saturated rings. The van der Waals surface area contributed by atoms with Crippen molar-refractivity contribution >= 4 is 5.91 Å². The lowest BCUT2D eigenvalue weighted by Crippen LogP contribution is -2.35. The number of carbonyl (C=O) groups is 1. The molecular weight excluding hydrogens is 256 g/mol. The number of hydrogen-bond donors (Lipinski definition) is 1. The van der Waals surface area contributed by atoms with Crippen LogP contribution in [0, 0.1) is 5.92 Å². The third-order valence-electron chi connectivity index (χ3n) is 3.97. The smallest absolute Gasteiger partial charge is 0.257 e. The molecule has 1 saturated heterocycles. The minimum Gasteiger partial charge on any atom is -0.504 e. The highest BCUT2D eigenvalue weighted by Gasteiger charge is 2.34. The summed E-state index contributed by atoms with van der Waals surface area (Å²) in [5, 5.41) is 10.1. The van der Waals surface area contributed by atoms with E-state index < -0.39 is 0 Å². The predicted octanol–water partition coefficient (Wildman–Crippen LogP) is 1.42. The van der Waals surface area contributed by atoms with Crippen LogP contribution in [-0.4, -0.2) is 61.2 Å². The van der Waals surface area contributed by atoms with Crippen LogP contribution in [0.1, 0.15) is 17.3 Å². The van der Waals surface area contributed by atoms with Crippen LogP contribution in [0.25, 0.3) is 0 Å². The molecule has 1 amide bonds. The average Bonchev–Trinajstić information content (AvgIpc) is 2.80. The number of likely N-dealkylation sites (N-methyl/N-ethyl adjacent to an activating group) is 1. The van der Waals surface area contributed by atoms with E-state index in [2.05, 4.69) is 11.8 Å². The lowest BCUT2D eigenvalue weighted by Gasteiger charge is -2.22. The summed E-state index contributed by atoms with van der Waals surface area (Å²) in [7, 11) is 5.53. The number of ether oxygens (including phenoxy) is 1. The van der Waals surface area contributed by atoms with Crippen molar-refractivity contribution < 1.29 is 14.6 Å². The third kappa shape index (κ3) is 2.58. The summed E-state index contributed by atoms with van der Waals surface area (Å²) in [6.07, 6.45) is 0. The molecule has 0 radical (unpaired) electrons. The van der Waals surface area contributed by atoms with Gasteiger partial charge < -0.3 is 19.6 Å². The number of para-hydroxylation sites is 1. The molecule has 2 unspecified atom stereocenters. The van der Waals surface area contributed by atoms with Crippen molar-refractivity contribution in [2.24, 2.45) is 5.92 Å². The van der Waals surface area contributed by atoms with E-state index in [0.29, 0.717) is 36.4 Å². The topological polar surface area (TPSA) is 53.0 Å². The molecule has 0 saturated carbocycles. The Morgan fingerprint density at radius 1 is 1.40 bits per heavy atom. The summed E-state index contributed by atoms with van der Waals surface area (Å²) in [4.78, 5) is 16.5. The zero-order valence-electron chi connectivity index (χ0n) is 12.5. The lowest BCUT2D eigenvalue weighted by molar-refractivity contribution is 0.0777. The fraction of sp³-hybridized carbons (Fsp3) is 0.533. The number of likely N-dealkylation sites (tertiary alicyclic amines) is 1. The van der Waals surface area contributed by atoms with Gasteiger partial charge in [0.25, 0.3) is 5.91 Å². The minimum absolute atomic E-state index is 0.0824. The number of aromatic hydroxyl groups is 1. The van der Waals surface area contributed by atoms with Crippen molar-refractivity contribution in [1.29, 1.82) is 0 Å². The van der Waals surface area contributed by atoms with Crippen LogP contribution < -0.4 is 4.74 Å². The molecule has 1 aliphatic rings. The minimum atomic E-state index is -0.141. The van der Waals surface area contributed by atoms with Crippen molar-refractivity contribution in [3.05, 3.63) is 23.8 Å². The summed E-state index contributed by atoms with van der Waals surface area (Å²) >= 11 is 0. The van der Waals surface area contributed by atoms with E-state index in [1.165, 1.54) is 7.11 Å². The Morgan fingerprint density at radius 2 is 2.10 bits per heavy atom. The molecule has 20 heavy (non-hydrogen) atoms. The van der Waals surface area contributed by atoms with Crippen molar-refractivity contribution in [1.82, 2.24) is 9.80 Å². The molecule has 0 aromatic heterocycles. The van der Waals surface area contributed by atoms with E-state index in [-0.39, 0.29) is 11.7 Å². The van der Waals surface area contributed by atoms with Gasteiger partial charge in [-0.25, -0.2) is 0 Å². The number of carbonyl (C=O) groups excluding carboxylic acids is 1. The quantitative estimate of drug-likeness (QED) is 0.908. The molecule has 1 heterocycles. The Hall–Kier alpha value is -1.75. The second-order valence-corrected chi connectivity index (χ2v) is 5.57. The Morgan fingerprint density at radius 3 is 2.65 bits per heavy atom. The van der Waals surface area contributed by atoms with Crippen LogP contribution in [0.15, 0.2) is 18.2 Å². The van der Waals surface area contributed by atoms with E-state index in [1.807, 2.05) is 14.1 Å². The van der Waals surface area contributed by atoms with E-state index in [1.54, 1.807) is 23.1 Å². The first kappa shape index (κ1) is 14.7. The van der Waals surface area contributed by atoms with Gasteiger partial charge in [0, 0.05) is 19.1 Å². The van der Waals surface area contributed by atoms with Crippen LogP contribution in [0.3, 0.4) is 0 Å². The second kappa shape index (κ2) is 5.71. The molecule has 5 heteroatoms. The van der Waals surface area contributed by atoms with Crippen LogP contribution in [0.4, 0.5) is 0 Å². The Balaban J connectivity index is 2.21. The zero-order chi connectivity index (χ0) is 14.9. The molecule has 0 spiro atoms. The zero-order valence-corrected chi connectivity index (χ0v) is 12.5. The molecule has 0 aliphatic carbocycles. The van der Waals surface area contributed by atoms with Crippen molar-refractivity contribution in [3.63, 3.8) is 0 Å². The molecule has 1 aliphatic heterocycles. The van der Waals surface area contributed by atoms with E-state index in [9.17, 15) is 9.90 Å². The Kier molecular flexibility index (Phi) is 4.18. The monoisotopic (exact) mass is 278 g/mol. The largest absolute Gasteiger partial charge is 0.504 e. The first-order valence-electron chi connectivity index (χ1n) is 6.77. The lowest BCUT2D eigenvalue weighted by atomic mass is 10.1. The number of rotatable bonds is 3. The molecular formula is C15H22N2O3. The highest BCUT2D eigenvalue weighted by Crippen LogP contribution is 2.31. The highest BCUT2D eigenvalue weighted by molar-refractivity contribution is 5.97. The molecule has 1 N–H and O–H groups in total. The van der Waals surface area contributed by atoms with Gasteiger partial charge in [-0.3, -0.25) is 4.79 Å². The number of nitrogens with zero attached hydrogens (tertiary/aromatic N) is 2. The number of methoxy groups -OCH3 is 1. The summed E-state index contributed by atoms with van der Waals surface area (Å²) in [5.41, 5.74) is 0.302. The maximum Gasteiger partial charge on any atom is 0.257 e. The molecule has 0 bridgehead atoms. The Labute approximate surface area is 119 Å². The molecule has 1 aromatic carbocycles. The molecule has 1 aromatic rings. The first-order valence-corrected chi connectivity index (χ1v) is 6.77. The van der Waals surface area contributed by atoms with Crippen LogP contribution in [0.2, 0.25) is 0 Å². The predicted molar refractivity (Wildman–Crippen MR) is 77.2 cm³/mol. The normalized spacial score (nSPS) is 22.4. The van der Waals surface area contributed by atoms with Gasteiger partial charge in [-0.1, -0.05) is 13.0 Å². The average molecular weight is 278 g/mol.